The average molecular weight is 338 g/mol. The van der Waals surface area contributed by atoms with Gasteiger partial charge in [0.15, 0.2) is 0 Å². The predicted octanol–water partition coefficient (Wildman–Crippen LogP) is 2.32. The Kier molecular flexibility index (Phi) is 4.31. The Bertz CT molecular complexity index is 741. The molecule has 0 bridgehead atoms. The molecule has 8 heteroatoms. The van der Waals surface area contributed by atoms with Crippen LogP contribution in [0.1, 0.15) is 23.0 Å². The summed E-state index contributed by atoms with van der Waals surface area (Å²) in [5.74, 6) is -0.188. The standard InChI is InChI=1S/C16H17F3N4O/c1-11-10-20-7-8-22(11)15(24)12-3-2-4-13(9-12)23-14(5-6-21-23)16(17,18)19/h2-6,9,11,20H,7-8,10H2,1H3/t11-/m1/s1. The number of benzene rings is 1. The van der Waals surface area contributed by atoms with Gasteiger partial charge in [0.05, 0.1) is 11.9 Å². The van der Waals surface area contributed by atoms with Crippen LogP contribution >= 0.6 is 0 Å². The zero-order valence-corrected chi connectivity index (χ0v) is 13.0. The molecule has 0 spiro atoms. The molecule has 1 amide bonds. The molecule has 1 atom stereocenters. The number of hydrogen-bond acceptors (Lipinski definition) is 3. The molecule has 1 aliphatic rings. The zero-order chi connectivity index (χ0) is 17.3. The monoisotopic (exact) mass is 338 g/mol. The van der Waals surface area contributed by atoms with Crippen molar-refractivity contribution < 1.29 is 18.0 Å². The highest BCUT2D eigenvalue weighted by Crippen LogP contribution is 2.30. The number of hydrogen-bond donors (Lipinski definition) is 1. The smallest absolute Gasteiger partial charge is 0.333 e. The maximum atomic E-state index is 13.0. The third-order valence-corrected chi connectivity index (χ3v) is 4.03. The summed E-state index contributed by atoms with van der Waals surface area (Å²) in [6.45, 7) is 3.90. The third-order valence-electron chi connectivity index (χ3n) is 4.03. The van der Waals surface area contributed by atoms with Crippen LogP contribution in [0.4, 0.5) is 13.2 Å². The molecule has 0 saturated carbocycles. The van der Waals surface area contributed by atoms with Crippen LogP contribution in [0.2, 0.25) is 0 Å². The van der Waals surface area contributed by atoms with Crippen LogP contribution in [-0.2, 0) is 6.18 Å². The molecule has 3 rings (SSSR count). The van der Waals surface area contributed by atoms with Gasteiger partial charge in [-0.05, 0) is 31.2 Å². The van der Waals surface area contributed by atoms with Crippen molar-refractivity contribution >= 4 is 5.91 Å². The highest BCUT2D eigenvalue weighted by molar-refractivity contribution is 5.95. The van der Waals surface area contributed by atoms with Crippen molar-refractivity contribution in [2.45, 2.75) is 19.1 Å². The predicted molar refractivity (Wildman–Crippen MR) is 81.9 cm³/mol. The van der Waals surface area contributed by atoms with Gasteiger partial charge in [0.2, 0.25) is 0 Å². The molecule has 1 N–H and O–H groups in total. The van der Waals surface area contributed by atoms with E-state index >= 15 is 0 Å². The van der Waals surface area contributed by atoms with Gasteiger partial charge in [0.25, 0.3) is 5.91 Å². The van der Waals surface area contributed by atoms with Crippen molar-refractivity contribution in [1.82, 2.24) is 20.0 Å². The normalized spacial score (nSPS) is 18.7. The Hall–Kier alpha value is -2.35. The molecule has 128 valence electrons. The molecule has 2 aromatic rings. The second-order valence-corrected chi connectivity index (χ2v) is 5.73. The lowest BCUT2D eigenvalue weighted by atomic mass is 10.1. The first-order valence-electron chi connectivity index (χ1n) is 7.61. The number of rotatable bonds is 2. The fourth-order valence-corrected chi connectivity index (χ4v) is 2.80. The van der Waals surface area contributed by atoms with Gasteiger partial charge in [-0.1, -0.05) is 6.07 Å². The summed E-state index contributed by atoms with van der Waals surface area (Å²) in [6.07, 6.45) is -3.42. The Morgan fingerprint density at radius 2 is 2.12 bits per heavy atom. The third kappa shape index (κ3) is 3.14. The second-order valence-electron chi connectivity index (χ2n) is 5.73. The van der Waals surface area contributed by atoms with E-state index in [-0.39, 0.29) is 17.6 Å². The zero-order valence-electron chi connectivity index (χ0n) is 13.0. The largest absolute Gasteiger partial charge is 0.433 e. The van der Waals surface area contributed by atoms with Gasteiger partial charge in [0.1, 0.15) is 5.69 Å². The summed E-state index contributed by atoms with van der Waals surface area (Å²) in [5.41, 5.74) is -0.312. The highest BCUT2D eigenvalue weighted by atomic mass is 19.4. The number of aromatic nitrogens is 2. The number of nitrogens with zero attached hydrogens (tertiary/aromatic N) is 3. The van der Waals surface area contributed by atoms with E-state index in [4.69, 9.17) is 0 Å². The molecule has 1 aromatic carbocycles. The molecule has 0 unspecified atom stereocenters. The summed E-state index contributed by atoms with van der Waals surface area (Å²) in [7, 11) is 0. The minimum absolute atomic E-state index is 0.0327. The summed E-state index contributed by atoms with van der Waals surface area (Å²) < 4.78 is 39.9. The van der Waals surface area contributed by atoms with Crippen molar-refractivity contribution in [3.8, 4) is 5.69 Å². The average Bonchev–Trinajstić information content (AvgIpc) is 3.05. The number of carbonyl (C=O) groups excluding carboxylic acids is 1. The number of halogens is 3. The van der Waals surface area contributed by atoms with E-state index < -0.39 is 11.9 Å². The Morgan fingerprint density at radius 3 is 2.83 bits per heavy atom. The topological polar surface area (TPSA) is 50.2 Å². The van der Waals surface area contributed by atoms with Crippen LogP contribution in [0, 0.1) is 0 Å². The van der Waals surface area contributed by atoms with E-state index in [1.807, 2.05) is 6.92 Å². The first-order chi connectivity index (χ1) is 11.4. The van der Waals surface area contributed by atoms with Crippen molar-refractivity contribution in [3.63, 3.8) is 0 Å². The fraction of sp³-hybridized carbons (Fsp3) is 0.375. The summed E-state index contributed by atoms with van der Waals surface area (Å²) >= 11 is 0. The summed E-state index contributed by atoms with van der Waals surface area (Å²) in [4.78, 5) is 14.4. The first kappa shape index (κ1) is 16.5. The van der Waals surface area contributed by atoms with E-state index in [0.29, 0.717) is 25.2 Å². The molecule has 1 fully saturated rings. The summed E-state index contributed by atoms with van der Waals surface area (Å²) in [5, 5.41) is 6.94. The van der Waals surface area contributed by atoms with Crippen molar-refractivity contribution in [1.29, 1.82) is 0 Å². The summed E-state index contributed by atoms with van der Waals surface area (Å²) in [6, 6.07) is 7.06. The van der Waals surface area contributed by atoms with Gasteiger partial charge in [-0.25, -0.2) is 4.68 Å². The van der Waals surface area contributed by atoms with Crippen molar-refractivity contribution in [3.05, 3.63) is 47.8 Å². The lowest BCUT2D eigenvalue weighted by Crippen LogP contribution is -2.52. The molecular formula is C16H17F3N4O. The molecule has 1 aromatic heterocycles. The highest BCUT2D eigenvalue weighted by Gasteiger charge is 2.35. The lowest BCUT2D eigenvalue weighted by molar-refractivity contribution is -0.142. The number of carbonyl (C=O) groups is 1. The van der Waals surface area contributed by atoms with Crippen molar-refractivity contribution in [2.75, 3.05) is 19.6 Å². The van der Waals surface area contributed by atoms with Crippen LogP contribution in [0.25, 0.3) is 5.69 Å². The molecule has 5 nitrogen and oxygen atoms in total. The number of piperazine rings is 1. The van der Waals surface area contributed by atoms with Gasteiger partial charge in [-0.15, -0.1) is 0 Å². The van der Waals surface area contributed by atoms with E-state index in [0.717, 1.165) is 16.9 Å². The van der Waals surface area contributed by atoms with Gasteiger partial charge in [-0.3, -0.25) is 4.79 Å². The quantitative estimate of drug-likeness (QED) is 0.914. The SMILES string of the molecule is C[C@@H]1CNCCN1C(=O)c1cccc(-n2nccc2C(F)(F)F)c1. The van der Waals surface area contributed by atoms with Gasteiger partial charge >= 0.3 is 6.18 Å². The minimum atomic E-state index is -4.51. The van der Waals surface area contributed by atoms with Crippen LogP contribution < -0.4 is 5.32 Å². The fourth-order valence-electron chi connectivity index (χ4n) is 2.80. The molecule has 0 aliphatic carbocycles. The molecular weight excluding hydrogens is 321 g/mol. The lowest BCUT2D eigenvalue weighted by Gasteiger charge is -2.34. The van der Waals surface area contributed by atoms with Crippen molar-refractivity contribution in [2.24, 2.45) is 0 Å². The van der Waals surface area contributed by atoms with E-state index in [9.17, 15) is 18.0 Å². The van der Waals surface area contributed by atoms with Gasteiger partial charge in [0, 0.05) is 31.2 Å². The minimum Gasteiger partial charge on any atom is -0.333 e. The maximum Gasteiger partial charge on any atom is 0.433 e. The number of nitrogens with one attached hydrogen (secondary N) is 1. The van der Waals surface area contributed by atoms with Crippen LogP contribution in [0.15, 0.2) is 36.5 Å². The Balaban J connectivity index is 1.93. The maximum absolute atomic E-state index is 13.0. The molecule has 0 radical (unpaired) electrons. The van der Waals surface area contributed by atoms with Crippen LogP contribution in [0.3, 0.4) is 0 Å². The van der Waals surface area contributed by atoms with E-state index in [2.05, 4.69) is 10.4 Å². The number of amides is 1. The molecule has 1 aliphatic heterocycles. The van der Waals surface area contributed by atoms with Crippen LogP contribution in [0.5, 0.6) is 0 Å². The molecule has 1 saturated heterocycles. The van der Waals surface area contributed by atoms with Crippen LogP contribution in [-0.4, -0.2) is 46.3 Å². The van der Waals surface area contributed by atoms with Gasteiger partial charge in [-0.2, -0.15) is 18.3 Å². The molecule has 2 heterocycles. The Labute approximate surface area is 137 Å². The Morgan fingerprint density at radius 1 is 1.33 bits per heavy atom. The first-order valence-corrected chi connectivity index (χ1v) is 7.61. The molecule has 24 heavy (non-hydrogen) atoms. The van der Waals surface area contributed by atoms with E-state index in [1.54, 1.807) is 17.0 Å². The second kappa shape index (κ2) is 6.27. The van der Waals surface area contributed by atoms with E-state index in [1.165, 1.54) is 12.1 Å². The number of alkyl halides is 3. The van der Waals surface area contributed by atoms with Gasteiger partial charge < -0.3 is 10.2 Å².